The van der Waals surface area contributed by atoms with Crippen LogP contribution >= 0.6 is 0 Å². The van der Waals surface area contributed by atoms with Crippen molar-refractivity contribution in [3.63, 3.8) is 0 Å². The maximum absolute atomic E-state index is 11.0. The van der Waals surface area contributed by atoms with Crippen LogP contribution in [-0.2, 0) is 11.2 Å². The van der Waals surface area contributed by atoms with Crippen LogP contribution in [0.1, 0.15) is 63.9 Å². The Morgan fingerprint density at radius 1 is 1.16 bits per heavy atom. The summed E-state index contributed by atoms with van der Waals surface area (Å²) >= 11 is 0. The zero-order chi connectivity index (χ0) is 17.9. The van der Waals surface area contributed by atoms with Gasteiger partial charge in [-0.3, -0.25) is 0 Å². The van der Waals surface area contributed by atoms with Crippen molar-refractivity contribution >= 4 is 5.78 Å². The fourth-order valence-electron chi connectivity index (χ4n) is 3.29. The summed E-state index contributed by atoms with van der Waals surface area (Å²) in [5.41, 5.74) is 1.13. The second-order valence-corrected chi connectivity index (χ2v) is 7.26. The number of aliphatic hydroxyl groups excluding tert-OH is 1. The molecule has 0 spiro atoms. The lowest BCUT2D eigenvalue weighted by molar-refractivity contribution is -0.116. The molecule has 1 aromatic rings. The third kappa shape index (κ3) is 8.50. The molecule has 1 aliphatic carbocycles. The van der Waals surface area contributed by atoms with Gasteiger partial charge in [-0.2, -0.15) is 0 Å². The number of hydrogen-bond acceptors (Lipinski definition) is 4. The molecule has 0 radical (unpaired) electrons. The first-order valence-electron chi connectivity index (χ1n) is 9.76. The minimum Gasteiger partial charge on any atom is -0.491 e. The van der Waals surface area contributed by atoms with E-state index in [1.807, 2.05) is 24.3 Å². The number of benzene rings is 1. The average Bonchev–Trinajstić information content (AvgIpc) is 2.58. The summed E-state index contributed by atoms with van der Waals surface area (Å²) in [7, 11) is 0. The number of nitrogens with one attached hydrogen (secondary N) is 1. The Kier molecular flexibility index (Phi) is 8.98. The zero-order valence-electron chi connectivity index (χ0n) is 15.5. The van der Waals surface area contributed by atoms with Gasteiger partial charge in [0, 0.05) is 19.0 Å². The topological polar surface area (TPSA) is 58.6 Å². The van der Waals surface area contributed by atoms with E-state index in [4.69, 9.17) is 4.74 Å². The molecule has 4 nitrogen and oxygen atoms in total. The van der Waals surface area contributed by atoms with Crippen LogP contribution in [-0.4, -0.2) is 36.2 Å². The van der Waals surface area contributed by atoms with Crippen molar-refractivity contribution in [3.05, 3.63) is 29.8 Å². The Morgan fingerprint density at radius 2 is 1.80 bits per heavy atom. The van der Waals surface area contributed by atoms with Crippen molar-refractivity contribution < 1.29 is 14.6 Å². The second kappa shape index (κ2) is 11.3. The smallest absolute Gasteiger partial charge is 0.130 e. The SMILES string of the molecule is CC(=O)CCc1ccc(OC[C@H](O)CNC2CCCCCCC2)cc1. The minimum atomic E-state index is -0.497. The van der Waals surface area contributed by atoms with Gasteiger partial charge in [-0.05, 0) is 43.9 Å². The number of carbonyl (C=O) groups excluding carboxylic acids is 1. The number of Topliss-reactive ketones (excluding diaryl/α,β-unsaturated/α-hetero) is 1. The zero-order valence-corrected chi connectivity index (χ0v) is 15.5. The molecule has 0 heterocycles. The van der Waals surface area contributed by atoms with Gasteiger partial charge in [0.2, 0.25) is 0 Å². The van der Waals surface area contributed by atoms with Gasteiger partial charge in [0.15, 0.2) is 0 Å². The molecule has 1 saturated carbocycles. The van der Waals surface area contributed by atoms with Gasteiger partial charge >= 0.3 is 0 Å². The summed E-state index contributed by atoms with van der Waals surface area (Å²) in [6.45, 7) is 2.50. The third-order valence-corrected chi connectivity index (χ3v) is 4.88. The number of ketones is 1. The highest BCUT2D eigenvalue weighted by Crippen LogP contribution is 2.17. The highest BCUT2D eigenvalue weighted by molar-refractivity contribution is 5.75. The highest BCUT2D eigenvalue weighted by atomic mass is 16.5. The molecule has 2 rings (SSSR count). The Hall–Kier alpha value is -1.39. The van der Waals surface area contributed by atoms with Crippen LogP contribution in [0.2, 0.25) is 0 Å². The van der Waals surface area contributed by atoms with Crippen molar-refractivity contribution in [2.45, 2.75) is 76.9 Å². The van der Waals surface area contributed by atoms with Crippen molar-refractivity contribution in [2.75, 3.05) is 13.2 Å². The monoisotopic (exact) mass is 347 g/mol. The van der Waals surface area contributed by atoms with E-state index in [-0.39, 0.29) is 5.78 Å². The first-order chi connectivity index (χ1) is 12.1. The standard InChI is InChI=1S/C21H33NO3/c1-17(23)9-10-18-11-13-21(14-12-18)25-16-20(24)15-22-19-7-5-3-2-4-6-8-19/h11-14,19-20,22,24H,2-10,15-16H2,1H3/t20-/m1/s1. The molecule has 0 bridgehead atoms. The first-order valence-corrected chi connectivity index (χ1v) is 9.76. The van der Waals surface area contributed by atoms with E-state index in [1.54, 1.807) is 6.92 Å². The van der Waals surface area contributed by atoms with Crippen LogP contribution in [0, 0.1) is 0 Å². The third-order valence-electron chi connectivity index (χ3n) is 4.88. The lowest BCUT2D eigenvalue weighted by Crippen LogP contribution is -2.38. The van der Waals surface area contributed by atoms with Crippen LogP contribution in [0.4, 0.5) is 0 Å². The second-order valence-electron chi connectivity index (χ2n) is 7.26. The van der Waals surface area contributed by atoms with Gasteiger partial charge in [0.25, 0.3) is 0 Å². The lowest BCUT2D eigenvalue weighted by atomic mass is 9.96. The van der Waals surface area contributed by atoms with E-state index in [0.29, 0.717) is 25.6 Å². The number of carbonyl (C=O) groups is 1. The normalized spacial score (nSPS) is 17.5. The molecule has 0 saturated heterocycles. The van der Waals surface area contributed by atoms with Crippen molar-refractivity contribution in [3.8, 4) is 5.75 Å². The fourth-order valence-corrected chi connectivity index (χ4v) is 3.29. The van der Waals surface area contributed by atoms with Gasteiger partial charge in [-0.1, -0.05) is 44.2 Å². The molecule has 4 heteroatoms. The molecule has 0 unspecified atom stereocenters. The van der Waals surface area contributed by atoms with Crippen LogP contribution in [0.3, 0.4) is 0 Å². The molecule has 140 valence electrons. The van der Waals surface area contributed by atoms with Gasteiger partial charge in [0.1, 0.15) is 24.2 Å². The molecule has 0 aliphatic heterocycles. The number of aryl methyl sites for hydroxylation is 1. The summed E-state index contributed by atoms with van der Waals surface area (Å²) in [6, 6.07) is 8.32. The minimum absolute atomic E-state index is 0.209. The van der Waals surface area contributed by atoms with Gasteiger partial charge in [-0.25, -0.2) is 0 Å². The van der Waals surface area contributed by atoms with E-state index in [9.17, 15) is 9.90 Å². The average molecular weight is 347 g/mol. The molecular formula is C21H33NO3. The van der Waals surface area contributed by atoms with Crippen LogP contribution < -0.4 is 10.1 Å². The van der Waals surface area contributed by atoms with E-state index in [1.165, 1.54) is 44.9 Å². The van der Waals surface area contributed by atoms with Gasteiger partial charge < -0.3 is 20.0 Å². The van der Waals surface area contributed by atoms with Crippen LogP contribution in [0.25, 0.3) is 0 Å². The Morgan fingerprint density at radius 3 is 2.44 bits per heavy atom. The largest absolute Gasteiger partial charge is 0.491 e. The van der Waals surface area contributed by atoms with Crippen molar-refractivity contribution in [1.29, 1.82) is 0 Å². The molecule has 25 heavy (non-hydrogen) atoms. The molecule has 1 aromatic carbocycles. The van der Waals surface area contributed by atoms with Crippen LogP contribution in [0.5, 0.6) is 5.75 Å². The Balaban J connectivity index is 1.65. The molecule has 1 atom stereocenters. The Labute approximate surface area is 152 Å². The van der Waals surface area contributed by atoms with E-state index in [0.717, 1.165) is 17.7 Å². The first kappa shape index (κ1) is 19.9. The predicted molar refractivity (Wildman–Crippen MR) is 101 cm³/mol. The summed E-state index contributed by atoms with van der Waals surface area (Å²) in [5.74, 6) is 0.969. The number of hydrogen-bond donors (Lipinski definition) is 2. The van der Waals surface area contributed by atoms with Gasteiger partial charge in [0.05, 0.1) is 0 Å². The Bertz CT molecular complexity index is 492. The quantitative estimate of drug-likeness (QED) is 0.716. The van der Waals surface area contributed by atoms with E-state index >= 15 is 0 Å². The fraction of sp³-hybridized carbons (Fsp3) is 0.667. The molecule has 2 N–H and O–H groups in total. The maximum Gasteiger partial charge on any atom is 0.130 e. The summed E-state index contributed by atoms with van der Waals surface area (Å²) in [4.78, 5) is 11.0. The van der Waals surface area contributed by atoms with Crippen molar-refractivity contribution in [2.24, 2.45) is 0 Å². The predicted octanol–water partition coefficient (Wildman–Crippen LogP) is 3.65. The maximum atomic E-state index is 11.0. The summed E-state index contributed by atoms with van der Waals surface area (Å²) in [6.07, 6.45) is 9.91. The van der Waals surface area contributed by atoms with E-state index < -0.39 is 6.10 Å². The summed E-state index contributed by atoms with van der Waals surface area (Å²) < 4.78 is 5.68. The lowest BCUT2D eigenvalue weighted by Gasteiger charge is -2.22. The molecular weight excluding hydrogens is 314 g/mol. The molecule has 1 aliphatic rings. The number of rotatable bonds is 9. The molecule has 1 fully saturated rings. The summed E-state index contributed by atoms with van der Waals surface area (Å²) in [5, 5.41) is 13.6. The molecule has 0 aromatic heterocycles. The molecule has 0 amide bonds. The van der Waals surface area contributed by atoms with E-state index in [2.05, 4.69) is 5.32 Å². The highest BCUT2D eigenvalue weighted by Gasteiger charge is 2.13. The van der Waals surface area contributed by atoms with Crippen LogP contribution in [0.15, 0.2) is 24.3 Å². The van der Waals surface area contributed by atoms with Crippen molar-refractivity contribution in [1.82, 2.24) is 5.32 Å². The number of ether oxygens (including phenoxy) is 1. The number of aliphatic hydroxyl groups is 1. The van der Waals surface area contributed by atoms with Gasteiger partial charge in [-0.15, -0.1) is 0 Å².